The van der Waals surface area contributed by atoms with Crippen LogP contribution >= 0.6 is 22.6 Å². The van der Waals surface area contributed by atoms with E-state index in [1.165, 1.54) is 12.1 Å². The molecule has 0 aliphatic heterocycles. The van der Waals surface area contributed by atoms with Gasteiger partial charge in [-0.2, -0.15) is 0 Å². The van der Waals surface area contributed by atoms with Gasteiger partial charge in [0, 0.05) is 14.9 Å². The second-order valence-corrected chi connectivity index (χ2v) is 4.94. The molecule has 2 aromatic rings. The molecule has 0 atom stereocenters. The zero-order chi connectivity index (χ0) is 13.1. The third-order valence-electron chi connectivity index (χ3n) is 2.34. The van der Waals surface area contributed by atoms with Crippen LogP contribution in [0.3, 0.4) is 0 Å². The number of halogens is 2. The van der Waals surface area contributed by atoms with Gasteiger partial charge in [-0.05, 0) is 59.0 Å². The van der Waals surface area contributed by atoms with E-state index >= 15 is 0 Å². The maximum absolute atomic E-state index is 13.1. The number of nitrogens with two attached hydrogens (primary N) is 1. The van der Waals surface area contributed by atoms with E-state index in [2.05, 4.69) is 27.9 Å². The standard InChI is InChI=1S/C13H10FIN2O/c14-8-4-5-12(16)11(6-8)13(18)17-10-3-1-2-9(15)7-10/h1-7H,16H2,(H,17,18). The molecule has 0 saturated heterocycles. The van der Waals surface area contributed by atoms with E-state index in [0.29, 0.717) is 5.69 Å². The lowest BCUT2D eigenvalue weighted by Crippen LogP contribution is -2.14. The monoisotopic (exact) mass is 356 g/mol. The van der Waals surface area contributed by atoms with Gasteiger partial charge in [-0.3, -0.25) is 4.79 Å². The predicted molar refractivity (Wildman–Crippen MR) is 77.9 cm³/mol. The summed E-state index contributed by atoms with van der Waals surface area (Å²) in [7, 11) is 0. The molecule has 0 fully saturated rings. The van der Waals surface area contributed by atoms with E-state index in [-0.39, 0.29) is 11.3 Å². The van der Waals surface area contributed by atoms with Gasteiger partial charge in [0.05, 0.1) is 5.56 Å². The molecule has 0 heterocycles. The molecular weight excluding hydrogens is 346 g/mol. The lowest BCUT2D eigenvalue weighted by Gasteiger charge is -2.07. The minimum absolute atomic E-state index is 0.133. The normalized spacial score (nSPS) is 10.1. The van der Waals surface area contributed by atoms with Crippen molar-refractivity contribution in [3.63, 3.8) is 0 Å². The van der Waals surface area contributed by atoms with Gasteiger partial charge in [0.2, 0.25) is 0 Å². The van der Waals surface area contributed by atoms with Crippen molar-refractivity contribution < 1.29 is 9.18 Å². The summed E-state index contributed by atoms with van der Waals surface area (Å²) in [5.74, 6) is -0.911. The highest BCUT2D eigenvalue weighted by atomic mass is 127. The first-order valence-electron chi connectivity index (χ1n) is 5.18. The zero-order valence-electron chi connectivity index (χ0n) is 9.28. The van der Waals surface area contributed by atoms with Crippen LogP contribution in [0.4, 0.5) is 15.8 Å². The van der Waals surface area contributed by atoms with Crippen molar-refractivity contribution in [2.24, 2.45) is 0 Å². The van der Waals surface area contributed by atoms with Crippen molar-refractivity contribution in [3.8, 4) is 0 Å². The Bertz CT molecular complexity index is 601. The van der Waals surface area contributed by atoms with Gasteiger partial charge >= 0.3 is 0 Å². The van der Waals surface area contributed by atoms with Crippen LogP contribution in [0.1, 0.15) is 10.4 Å². The van der Waals surface area contributed by atoms with Crippen LogP contribution in [0, 0.1) is 9.39 Å². The SMILES string of the molecule is Nc1ccc(F)cc1C(=O)Nc1cccc(I)c1. The highest BCUT2D eigenvalue weighted by Gasteiger charge is 2.11. The summed E-state index contributed by atoms with van der Waals surface area (Å²) < 4.78 is 14.1. The van der Waals surface area contributed by atoms with E-state index < -0.39 is 11.7 Å². The molecule has 2 aromatic carbocycles. The van der Waals surface area contributed by atoms with Crippen LogP contribution in [0.2, 0.25) is 0 Å². The molecule has 0 saturated carbocycles. The molecule has 18 heavy (non-hydrogen) atoms. The Labute approximate surface area is 117 Å². The third-order valence-corrected chi connectivity index (χ3v) is 3.01. The average molecular weight is 356 g/mol. The molecule has 0 aromatic heterocycles. The minimum atomic E-state index is -0.489. The minimum Gasteiger partial charge on any atom is -0.398 e. The lowest BCUT2D eigenvalue weighted by atomic mass is 10.1. The van der Waals surface area contributed by atoms with Crippen LogP contribution in [-0.2, 0) is 0 Å². The summed E-state index contributed by atoms with van der Waals surface area (Å²) in [5.41, 5.74) is 6.68. The molecular formula is C13H10FIN2O. The average Bonchev–Trinajstić information content (AvgIpc) is 2.32. The fourth-order valence-corrected chi connectivity index (χ4v) is 2.03. The molecule has 2 rings (SSSR count). The van der Waals surface area contributed by atoms with Crippen molar-refractivity contribution in [3.05, 3.63) is 57.4 Å². The van der Waals surface area contributed by atoms with E-state index in [1.807, 2.05) is 18.2 Å². The van der Waals surface area contributed by atoms with E-state index in [4.69, 9.17) is 5.73 Å². The number of benzene rings is 2. The van der Waals surface area contributed by atoms with Gasteiger partial charge in [0.15, 0.2) is 0 Å². The molecule has 0 spiro atoms. The first kappa shape index (κ1) is 12.8. The number of amides is 1. The van der Waals surface area contributed by atoms with Crippen molar-refractivity contribution in [2.45, 2.75) is 0 Å². The van der Waals surface area contributed by atoms with Crippen molar-refractivity contribution in [1.29, 1.82) is 0 Å². The summed E-state index contributed by atoms with van der Waals surface area (Å²) in [4.78, 5) is 11.9. The largest absolute Gasteiger partial charge is 0.398 e. The van der Waals surface area contributed by atoms with Crippen LogP contribution < -0.4 is 11.1 Å². The first-order valence-corrected chi connectivity index (χ1v) is 6.26. The van der Waals surface area contributed by atoms with Gasteiger partial charge in [-0.15, -0.1) is 0 Å². The fraction of sp³-hybridized carbons (Fsp3) is 0. The Morgan fingerprint density at radius 1 is 1.22 bits per heavy atom. The number of hydrogen-bond donors (Lipinski definition) is 2. The second kappa shape index (κ2) is 5.34. The Hall–Kier alpha value is -1.63. The molecule has 0 unspecified atom stereocenters. The summed E-state index contributed by atoms with van der Waals surface area (Å²) in [6.45, 7) is 0. The first-order chi connectivity index (χ1) is 8.56. The summed E-state index contributed by atoms with van der Waals surface area (Å²) in [6.07, 6.45) is 0. The molecule has 3 nitrogen and oxygen atoms in total. The maximum atomic E-state index is 13.1. The third kappa shape index (κ3) is 2.98. The number of rotatable bonds is 2. The van der Waals surface area contributed by atoms with Gasteiger partial charge in [-0.25, -0.2) is 4.39 Å². The van der Waals surface area contributed by atoms with Gasteiger partial charge < -0.3 is 11.1 Å². The quantitative estimate of drug-likeness (QED) is 0.641. The Balaban J connectivity index is 2.24. The topological polar surface area (TPSA) is 55.1 Å². The van der Waals surface area contributed by atoms with E-state index in [0.717, 1.165) is 9.64 Å². The number of nitrogens with one attached hydrogen (secondary N) is 1. The Morgan fingerprint density at radius 2 is 2.00 bits per heavy atom. The van der Waals surface area contributed by atoms with Crippen LogP contribution in [0.25, 0.3) is 0 Å². The second-order valence-electron chi connectivity index (χ2n) is 3.70. The van der Waals surface area contributed by atoms with Crippen LogP contribution in [-0.4, -0.2) is 5.91 Å². The highest BCUT2D eigenvalue weighted by Crippen LogP contribution is 2.17. The van der Waals surface area contributed by atoms with Crippen molar-refractivity contribution >= 4 is 39.9 Å². The summed E-state index contributed by atoms with van der Waals surface area (Å²) >= 11 is 2.14. The van der Waals surface area contributed by atoms with Crippen LogP contribution in [0.15, 0.2) is 42.5 Å². The molecule has 0 aliphatic carbocycles. The van der Waals surface area contributed by atoms with Crippen molar-refractivity contribution in [2.75, 3.05) is 11.1 Å². The molecule has 92 valence electrons. The Kier molecular flexibility index (Phi) is 3.81. The highest BCUT2D eigenvalue weighted by molar-refractivity contribution is 14.1. The molecule has 0 bridgehead atoms. The van der Waals surface area contributed by atoms with Gasteiger partial charge in [-0.1, -0.05) is 6.07 Å². The summed E-state index contributed by atoms with van der Waals surface area (Å²) in [5, 5.41) is 2.68. The number of carbonyl (C=O) groups is 1. The van der Waals surface area contributed by atoms with Crippen molar-refractivity contribution in [1.82, 2.24) is 0 Å². The fourth-order valence-electron chi connectivity index (χ4n) is 1.49. The van der Waals surface area contributed by atoms with E-state index in [9.17, 15) is 9.18 Å². The van der Waals surface area contributed by atoms with Gasteiger partial charge in [0.25, 0.3) is 5.91 Å². The lowest BCUT2D eigenvalue weighted by molar-refractivity contribution is 0.102. The molecule has 3 N–H and O–H groups in total. The summed E-state index contributed by atoms with van der Waals surface area (Å²) in [6, 6.07) is 11.0. The number of anilines is 2. The predicted octanol–water partition coefficient (Wildman–Crippen LogP) is 3.26. The zero-order valence-corrected chi connectivity index (χ0v) is 11.4. The smallest absolute Gasteiger partial charge is 0.257 e. The Morgan fingerprint density at radius 3 is 2.72 bits per heavy atom. The number of nitrogen functional groups attached to an aromatic ring is 1. The molecule has 0 radical (unpaired) electrons. The molecule has 5 heteroatoms. The number of hydrogen-bond acceptors (Lipinski definition) is 2. The van der Waals surface area contributed by atoms with Gasteiger partial charge in [0.1, 0.15) is 5.82 Å². The molecule has 0 aliphatic rings. The number of carbonyl (C=O) groups excluding carboxylic acids is 1. The molecule has 1 amide bonds. The van der Waals surface area contributed by atoms with E-state index in [1.54, 1.807) is 6.07 Å². The van der Waals surface area contributed by atoms with Crippen LogP contribution in [0.5, 0.6) is 0 Å². The maximum Gasteiger partial charge on any atom is 0.257 e.